The number of likely N-dealkylation sites (tertiary alicyclic amines) is 1. The summed E-state index contributed by atoms with van der Waals surface area (Å²) in [4.78, 5) is 18.9. The molecule has 0 radical (unpaired) electrons. The van der Waals surface area contributed by atoms with Crippen molar-refractivity contribution in [1.82, 2.24) is 4.90 Å². The molecule has 0 amide bonds. The van der Waals surface area contributed by atoms with E-state index < -0.39 is 5.97 Å². The molecule has 0 spiro atoms. The van der Waals surface area contributed by atoms with Crippen LogP contribution in [-0.4, -0.2) is 42.5 Å². The van der Waals surface area contributed by atoms with Crippen molar-refractivity contribution in [2.24, 2.45) is 5.16 Å². The number of rotatable bonds is 3. The molecule has 2 heterocycles. The van der Waals surface area contributed by atoms with Crippen LogP contribution in [0.5, 0.6) is 0 Å². The van der Waals surface area contributed by atoms with Crippen molar-refractivity contribution in [3.05, 3.63) is 12.2 Å². The molecule has 88 valence electrons. The third-order valence-electron chi connectivity index (χ3n) is 2.79. The van der Waals surface area contributed by atoms with Gasteiger partial charge in [-0.15, -0.1) is 0 Å². The van der Waals surface area contributed by atoms with Gasteiger partial charge in [-0.3, -0.25) is 4.90 Å². The molecule has 16 heavy (non-hydrogen) atoms. The lowest BCUT2D eigenvalue weighted by molar-refractivity contribution is -0.135. The molecule has 0 saturated carbocycles. The highest BCUT2D eigenvalue weighted by Gasteiger charge is 2.36. The van der Waals surface area contributed by atoms with Crippen LogP contribution in [0.3, 0.4) is 0 Å². The van der Waals surface area contributed by atoms with Gasteiger partial charge in [-0.1, -0.05) is 11.7 Å². The number of carbonyl (C=O) groups is 1. The molecule has 1 unspecified atom stereocenters. The minimum Gasteiger partial charge on any atom is -0.461 e. The first-order valence-corrected chi connectivity index (χ1v) is 5.58. The summed E-state index contributed by atoms with van der Waals surface area (Å²) in [5, 5.41) is 3.76. The van der Waals surface area contributed by atoms with Gasteiger partial charge < -0.3 is 9.57 Å². The largest absolute Gasteiger partial charge is 0.461 e. The smallest absolute Gasteiger partial charge is 0.360 e. The molecule has 2 aliphatic heterocycles. The van der Waals surface area contributed by atoms with Crippen molar-refractivity contribution in [2.75, 3.05) is 19.7 Å². The van der Waals surface area contributed by atoms with Crippen LogP contribution < -0.4 is 0 Å². The van der Waals surface area contributed by atoms with E-state index in [4.69, 9.17) is 9.57 Å². The Kier molecular flexibility index (Phi) is 3.24. The van der Waals surface area contributed by atoms with Gasteiger partial charge in [0.25, 0.3) is 0 Å². The summed E-state index contributed by atoms with van der Waals surface area (Å²) in [6.07, 6.45) is 2.03. The number of esters is 1. The number of carbonyl (C=O) groups excluding carboxylic acids is 1. The van der Waals surface area contributed by atoms with E-state index in [0.717, 1.165) is 25.9 Å². The number of oxime groups is 1. The maximum absolute atomic E-state index is 11.5. The molecule has 2 rings (SSSR count). The minimum atomic E-state index is -0.450. The fourth-order valence-electron chi connectivity index (χ4n) is 1.97. The van der Waals surface area contributed by atoms with Gasteiger partial charge >= 0.3 is 5.97 Å². The topological polar surface area (TPSA) is 51.1 Å². The minimum absolute atomic E-state index is 0.221. The molecular formula is C11H16N2O3. The van der Waals surface area contributed by atoms with E-state index in [1.807, 2.05) is 0 Å². The molecule has 0 N–H and O–H groups in total. The molecule has 1 saturated heterocycles. The van der Waals surface area contributed by atoms with Crippen LogP contribution in [-0.2, 0) is 14.4 Å². The molecule has 0 aliphatic carbocycles. The van der Waals surface area contributed by atoms with E-state index in [-0.39, 0.29) is 11.9 Å². The second-order valence-electron chi connectivity index (χ2n) is 3.89. The maximum Gasteiger partial charge on any atom is 0.360 e. The summed E-state index contributed by atoms with van der Waals surface area (Å²) in [6, 6.07) is 0. The van der Waals surface area contributed by atoms with E-state index >= 15 is 0 Å². The van der Waals surface area contributed by atoms with E-state index in [1.165, 1.54) is 0 Å². The lowest BCUT2D eigenvalue weighted by atomic mass is 10.1. The molecule has 2 aliphatic rings. The second-order valence-corrected chi connectivity index (χ2v) is 3.89. The van der Waals surface area contributed by atoms with Crippen LogP contribution in [0.25, 0.3) is 0 Å². The normalized spacial score (nSPS) is 25.4. The Hall–Kier alpha value is -1.36. The predicted molar refractivity (Wildman–Crippen MR) is 58.9 cm³/mol. The zero-order valence-electron chi connectivity index (χ0n) is 9.44. The van der Waals surface area contributed by atoms with Crippen LogP contribution in [0.4, 0.5) is 0 Å². The summed E-state index contributed by atoms with van der Waals surface area (Å²) in [7, 11) is 0. The van der Waals surface area contributed by atoms with Crippen LogP contribution in [0.2, 0.25) is 0 Å². The van der Waals surface area contributed by atoms with Crippen molar-refractivity contribution >= 4 is 11.7 Å². The van der Waals surface area contributed by atoms with Gasteiger partial charge in [-0.2, -0.15) is 0 Å². The average Bonchev–Trinajstić information content (AvgIpc) is 2.86. The van der Waals surface area contributed by atoms with E-state index in [9.17, 15) is 4.79 Å². The molecule has 5 heteroatoms. The standard InChI is InChI=1S/C11H16N2O3/c1-3-15-11(14)9-8(2)10(16-12-9)13-6-4-5-7-13/h10H,2-7H2,1H3. The third-order valence-corrected chi connectivity index (χ3v) is 2.79. The number of hydrogen-bond acceptors (Lipinski definition) is 5. The molecule has 5 nitrogen and oxygen atoms in total. The Balaban J connectivity index is 1.99. The highest BCUT2D eigenvalue weighted by Crippen LogP contribution is 2.24. The molecule has 0 aromatic rings. The van der Waals surface area contributed by atoms with E-state index in [1.54, 1.807) is 6.92 Å². The lowest BCUT2D eigenvalue weighted by Gasteiger charge is -2.21. The van der Waals surface area contributed by atoms with Gasteiger partial charge in [0, 0.05) is 18.7 Å². The Morgan fingerprint density at radius 2 is 2.31 bits per heavy atom. The molecular weight excluding hydrogens is 208 g/mol. The summed E-state index contributed by atoms with van der Waals surface area (Å²) >= 11 is 0. The Morgan fingerprint density at radius 1 is 1.62 bits per heavy atom. The molecule has 1 fully saturated rings. The van der Waals surface area contributed by atoms with Crippen LogP contribution in [0, 0.1) is 0 Å². The first kappa shape index (κ1) is 11.1. The fraction of sp³-hybridized carbons (Fsp3) is 0.636. The van der Waals surface area contributed by atoms with Gasteiger partial charge in [0.15, 0.2) is 5.71 Å². The van der Waals surface area contributed by atoms with Crippen LogP contribution in [0.1, 0.15) is 19.8 Å². The average molecular weight is 224 g/mol. The number of ether oxygens (including phenoxy) is 1. The Bertz CT molecular complexity index is 332. The quantitative estimate of drug-likeness (QED) is 0.669. The monoisotopic (exact) mass is 224 g/mol. The first-order valence-electron chi connectivity index (χ1n) is 5.58. The fourth-order valence-corrected chi connectivity index (χ4v) is 1.97. The van der Waals surface area contributed by atoms with E-state index in [2.05, 4.69) is 16.6 Å². The van der Waals surface area contributed by atoms with Crippen molar-refractivity contribution < 1.29 is 14.4 Å². The second kappa shape index (κ2) is 4.65. The number of nitrogens with zero attached hydrogens (tertiary/aromatic N) is 2. The van der Waals surface area contributed by atoms with Gasteiger partial charge in [-0.25, -0.2) is 4.79 Å². The van der Waals surface area contributed by atoms with Crippen molar-refractivity contribution in [3.63, 3.8) is 0 Å². The van der Waals surface area contributed by atoms with Gasteiger partial charge in [0.2, 0.25) is 6.23 Å². The van der Waals surface area contributed by atoms with Crippen molar-refractivity contribution in [3.8, 4) is 0 Å². The SMILES string of the molecule is C=C1C(C(=O)OCC)=NOC1N1CCCC1. The van der Waals surface area contributed by atoms with Gasteiger partial charge in [-0.05, 0) is 19.8 Å². The highest BCUT2D eigenvalue weighted by atomic mass is 16.7. The summed E-state index contributed by atoms with van der Waals surface area (Å²) in [5.41, 5.74) is 0.833. The molecule has 0 aromatic heterocycles. The predicted octanol–water partition coefficient (Wildman–Crippen LogP) is 0.914. The Labute approximate surface area is 94.7 Å². The van der Waals surface area contributed by atoms with Gasteiger partial charge in [0.05, 0.1) is 6.61 Å². The molecule has 1 atom stereocenters. The summed E-state index contributed by atoms with van der Waals surface area (Å²) < 4.78 is 4.88. The van der Waals surface area contributed by atoms with Crippen LogP contribution in [0.15, 0.2) is 17.3 Å². The Morgan fingerprint density at radius 3 is 2.94 bits per heavy atom. The third kappa shape index (κ3) is 1.95. The molecule has 0 aromatic carbocycles. The first-order chi connectivity index (χ1) is 7.74. The lowest BCUT2D eigenvalue weighted by Crippen LogP contribution is -2.35. The zero-order valence-corrected chi connectivity index (χ0v) is 9.44. The zero-order chi connectivity index (χ0) is 11.5. The summed E-state index contributed by atoms with van der Waals surface area (Å²) in [6.45, 7) is 7.89. The van der Waals surface area contributed by atoms with Crippen LogP contribution >= 0.6 is 0 Å². The summed E-state index contributed by atoms with van der Waals surface area (Å²) in [5.74, 6) is -0.450. The maximum atomic E-state index is 11.5. The van der Waals surface area contributed by atoms with Crippen molar-refractivity contribution in [2.45, 2.75) is 26.0 Å². The van der Waals surface area contributed by atoms with Gasteiger partial charge in [0.1, 0.15) is 0 Å². The highest BCUT2D eigenvalue weighted by molar-refractivity contribution is 6.43. The number of hydrogen-bond donors (Lipinski definition) is 0. The van der Waals surface area contributed by atoms with E-state index in [0.29, 0.717) is 12.2 Å². The molecule has 0 bridgehead atoms. The van der Waals surface area contributed by atoms with Crippen molar-refractivity contribution in [1.29, 1.82) is 0 Å².